The summed E-state index contributed by atoms with van der Waals surface area (Å²) in [5.41, 5.74) is 1.25. The molecule has 4 heteroatoms. The predicted molar refractivity (Wildman–Crippen MR) is 70.8 cm³/mol. The van der Waals surface area contributed by atoms with Gasteiger partial charge in [-0.1, -0.05) is 6.92 Å². The summed E-state index contributed by atoms with van der Waals surface area (Å²) in [6.07, 6.45) is 1.88. The Labute approximate surface area is 104 Å². The van der Waals surface area contributed by atoms with Crippen LogP contribution in [0.25, 0.3) is 0 Å². The molecule has 0 bridgehead atoms. The van der Waals surface area contributed by atoms with Crippen LogP contribution < -0.4 is 4.90 Å². The lowest BCUT2D eigenvalue weighted by atomic mass is 10.2. The van der Waals surface area contributed by atoms with Gasteiger partial charge in [-0.2, -0.15) is 11.8 Å². The maximum absolute atomic E-state index is 4.51. The second kappa shape index (κ2) is 4.74. The summed E-state index contributed by atoms with van der Waals surface area (Å²) in [5, 5.41) is 0.712. The minimum Gasteiger partial charge on any atom is -0.354 e. The molecule has 0 spiro atoms. The quantitative estimate of drug-likeness (QED) is 0.789. The van der Waals surface area contributed by atoms with Crippen molar-refractivity contribution in [2.24, 2.45) is 0 Å². The van der Waals surface area contributed by atoms with Crippen molar-refractivity contribution in [3.8, 4) is 0 Å². The zero-order valence-electron chi connectivity index (χ0n) is 9.03. The Kier molecular flexibility index (Phi) is 3.57. The molecular formula is C11H15BrN2S. The number of pyridine rings is 1. The van der Waals surface area contributed by atoms with Gasteiger partial charge in [0.25, 0.3) is 0 Å². The molecule has 1 aliphatic heterocycles. The van der Waals surface area contributed by atoms with Crippen molar-refractivity contribution in [3.63, 3.8) is 0 Å². The molecule has 1 atom stereocenters. The van der Waals surface area contributed by atoms with Gasteiger partial charge in [-0.15, -0.1) is 0 Å². The van der Waals surface area contributed by atoms with Gasteiger partial charge in [-0.25, -0.2) is 4.98 Å². The summed E-state index contributed by atoms with van der Waals surface area (Å²) in [5.74, 6) is 2.35. The maximum Gasteiger partial charge on any atom is 0.131 e. The number of nitrogens with zero attached hydrogens (tertiary/aromatic N) is 2. The Bertz CT molecular complexity index is 356. The molecule has 0 saturated carbocycles. The first-order valence-corrected chi connectivity index (χ1v) is 6.99. The van der Waals surface area contributed by atoms with Gasteiger partial charge < -0.3 is 4.90 Å². The van der Waals surface area contributed by atoms with E-state index in [9.17, 15) is 0 Å². The normalized spacial score (nSPS) is 21.8. The molecule has 1 unspecified atom stereocenters. The molecule has 1 aromatic heterocycles. The van der Waals surface area contributed by atoms with E-state index in [2.05, 4.69) is 45.7 Å². The van der Waals surface area contributed by atoms with Crippen LogP contribution in [-0.4, -0.2) is 29.1 Å². The highest BCUT2D eigenvalue weighted by Crippen LogP contribution is 2.26. The van der Waals surface area contributed by atoms with Crippen molar-refractivity contribution in [1.82, 2.24) is 4.98 Å². The summed E-state index contributed by atoms with van der Waals surface area (Å²) >= 11 is 5.49. The maximum atomic E-state index is 4.51. The number of anilines is 1. The van der Waals surface area contributed by atoms with E-state index in [0.29, 0.717) is 5.25 Å². The predicted octanol–water partition coefficient (Wildman–Crippen LogP) is 3.09. The van der Waals surface area contributed by atoms with Gasteiger partial charge in [0.1, 0.15) is 5.82 Å². The molecule has 15 heavy (non-hydrogen) atoms. The monoisotopic (exact) mass is 286 g/mol. The van der Waals surface area contributed by atoms with Crippen LogP contribution in [0.1, 0.15) is 12.5 Å². The summed E-state index contributed by atoms with van der Waals surface area (Å²) in [7, 11) is 0. The summed E-state index contributed by atoms with van der Waals surface area (Å²) in [6, 6.07) is 2.13. The van der Waals surface area contributed by atoms with E-state index >= 15 is 0 Å². The Morgan fingerprint density at radius 3 is 3.07 bits per heavy atom. The lowest BCUT2D eigenvalue weighted by molar-refractivity contribution is 0.766. The van der Waals surface area contributed by atoms with E-state index < -0.39 is 0 Å². The van der Waals surface area contributed by atoms with Crippen LogP contribution in [0.2, 0.25) is 0 Å². The van der Waals surface area contributed by atoms with Gasteiger partial charge >= 0.3 is 0 Å². The minimum atomic E-state index is 0.712. The molecule has 1 aliphatic rings. The SMILES string of the molecule is Cc1cc(Br)cnc1N1CCSC(C)C1. The van der Waals surface area contributed by atoms with Crippen LogP contribution in [0, 0.1) is 6.92 Å². The fourth-order valence-corrected chi connectivity index (χ4v) is 3.33. The number of hydrogen-bond acceptors (Lipinski definition) is 3. The molecule has 0 amide bonds. The molecule has 0 aromatic carbocycles. The number of rotatable bonds is 1. The fraction of sp³-hybridized carbons (Fsp3) is 0.545. The second-order valence-corrected chi connectivity index (χ2v) is 6.38. The van der Waals surface area contributed by atoms with Crippen molar-refractivity contribution in [1.29, 1.82) is 0 Å². The zero-order chi connectivity index (χ0) is 10.8. The van der Waals surface area contributed by atoms with Crippen LogP contribution in [0.5, 0.6) is 0 Å². The van der Waals surface area contributed by atoms with E-state index in [1.54, 1.807) is 0 Å². The first-order valence-electron chi connectivity index (χ1n) is 5.15. The Hall–Kier alpha value is -0.220. The Balaban J connectivity index is 2.21. The molecule has 82 valence electrons. The van der Waals surface area contributed by atoms with E-state index in [1.807, 2.05) is 18.0 Å². The van der Waals surface area contributed by atoms with Gasteiger partial charge in [0, 0.05) is 34.8 Å². The third kappa shape index (κ3) is 2.67. The third-order valence-corrected chi connectivity index (χ3v) is 4.13. The van der Waals surface area contributed by atoms with Gasteiger partial charge in [-0.3, -0.25) is 0 Å². The summed E-state index contributed by atoms with van der Waals surface area (Å²) in [6.45, 7) is 6.63. The average molecular weight is 287 g/mol. The van der Waals surface area contributed by atoms with E-state index in [4.69, 9.17) is 0 Å². The molecule has 2 nitrogen and oxygen atoms in total. The number of halogens is 1. The van der Waals surface area contributed by atoms with Crippen LogP contribution in [0.15, 0.2) is 16.7 Å². The second-order valence-electron chi connectivity index (χ2n) is 3.92. The summed E-state index contributed by atoms with van der Waals surface area (Å²) < 4.78 is 1.06. The Morgan fingerprint density at radius 2 is 2.40 bits per heavy atom. The van der Waals surface area contributed by atoms with E-state index in [-0.39, 0.29) is 0 Å². The highest BCUT2D eigenvalue weighted by atomic mass is 79.9. The molecule has 2 heterocycles. The van der Waals surface area contributed by atoms with Crippen molar-refractivity contribution in [3.05, 3.63) is 22.3 Å². The molecule has 1 aromatic rings. The van der Waals surface area contributed by atoms with Gasteiger partial charge in [0.15, 0.2) is 0 Å². The third-order valence-electron chi connectivity index (χ3n) is 2.56. The molecule has 0 radical (unpaired) electrons. The van der Waals surface area contributed by atoms with E-state index in [0.717, 1.165) is 23.4 Å². The van der Waals surface area contributed by atoms with E-state index in [1.165, 1.54) is 11.3 Å². The average Bonchev–Trinajstić information content (AvgIpc) is 2.17. The fourth-order valence-electron chi connectivity index (χ4n) is 1.88. The van der Waals surface area contributed by atoms with Crippen molar-refractivity contribution >= 4 is 33.5 Å². The molecule has 2 rings (SSSR count). The van der Waals surface area contributed by atoms with Crippen molar-refractivity contribution in [2.45, 2.75) is 19.1 Å². The van der Waals surface area contributed by atoms with Gasteiger partial charge in [0.05, 0.1) is 0 Å². The smallest absolute Gasteiger partial charge is 0.131 e. The van der Waals surface area contributed by atoms with Crippen LogP contribution >= 0.6 is 27.7 Å². The molecular weight excluding hydrogens is 272 g/mol. The molecule has 0 aliphatic carbocycles. The topological polar surface area (TPSA) is 16.1 Å². The molecule has 1 fully saturated rings. The zero-order valence-corrected chi connectivity index (χ0v) is 11.4. The van der Waals surface area contributed by atoms with Crippen molar-refractivity contribution in [2.75, 3.05) is 23.7 Å². The highest BCUT2D eigenvalue weighted by Gasteiger charge is 2.19. The van der Waals surface area contributed by atoms with Crippen LogP contribution in [0.4, 0.5) is 5.82 Å². The first-order chi connectivity index (χ1) is 7.16. The number of hydrogen-bond donors (Lipinski definition) is 0. The molecule has 1 saturated heterocycles. The first kappa shape index (κ1) is 11.3. The van der Waals surface area contributed by atoms with Crippen molar-refractivity contribution < 1.29 is 0 Å². The number of thioether (sulfide) groups is 1. The molecule has 0 N–H and O–H groups in total. The number of aromatic nitrogens is 1. The summed E-state index contributed by atoms with van der Waals surface area (Å²) in [4.78, 5) is 6.90. The Morgan fingerprint density at radius 1 is 1.60 bits per heavy atom. The highest BCUT2D eigenvalue weighted by molar-refractivity contribution is 9.10. The van der Waals surface area contributed by atoms with Crippen LogP contribution in [-0.2, 0) is 0 Å². The van der Waals surface area contributed by atoms with Gasteiger partial charge in [-0.05, 0) is 34.5 Å². The lowest BCUT2D eigenvalue weighted by Crippen LogP contribution is -2.37. The van der Waals surface area contributed by atoms with Crippen LogP contribution in [0.3, 0.4) is 0 Å². The number of aryl methyl sites for hydroxylation is 1. The largest absolute Gasteiger partial charge is 0.354 e. The minimum absolute atomic E-state index is 0.712. The van der Waals surface area contributed by atoms with Gasteiger partial charge in [0.2, 0.25) is 0 Å². The standard InChI is InChI=1S/C11H15BrN2S/c1-8-5-10(12)6-13-11(8)14-3-4-15-9(2)7-14/h5-6,9H,3-4,7H2,1-2H3. The lowest BCUT2D eigenvalue weighted by Gasteiger charge is -2.32.